The van der Waals surface area contributed by atoms with Crippen LogP contribution in [-0.2, 0) is 9.59 Å². The molecule has 0 aliphatic carbocycles. The average molecular weight is 461 g/mol. The molecule has 7 nitrogen and oxygen atoms in total. The minimum atomic E-state index is -2.95. The summed E-state index contributed by atoms with van der Waals surface area (Å²) in [6.07, 6.45) is 1.63. The molecule has 0 atom stereocenters. The molecule has 0 unspecified atom stereocenters. The Morgan fingerprint density at radius 3 is 2.31 bits per heavy atom. The Hall–Kier alpha value is -3.40. The predicted octanol–water partition coefficient (Wildman–Crippen LogP) is 3.86. The maximum absolute atomic E-state index is 13.1. The van der Waals surface area contributed by atoms with Gasteiger partial charge in [-0.3, -0.25) is 14.5 Å². The number of ether oxygens (including phenoxy) is 2. The van der Waals surface area contributed by atoms with E-state index in [0.717, 1.165) is 17.3 Å². The largest absolute Gasteiger partial charge is 0.497 e. The first kappa shape index (κ1) is 23.3. The summed E-state index contributed by atoms with van der Waals surface area (Å²) in [6.45, 7) is -2.95. The fourth-order valence-corrected chi connectivity index (χ4v) is 3.70. The van der Waals surface area contributed by atoms with Gasteiger partial charge in [0.05, 0.1) is 18.6 Å². The molecule has 0 saturated heterocycles. The van der Waals surface area contributed by atoms with Gasteiger partial charge in [-0.25, -0.2) is 4.99 Å². The molecule has 0 fully saturated rings. The molecule has 10 heteroatoms. The number of thioether (sulfide) groups is 1. The highest BCUT2D eigenvalue weighted by molar-refractivity contribution is 8.14. The van der Waals surface area contributed by atoms with E-state index in [2.05, 4.69) is 9.73 Å². The number of halogens is 2. The van der Waals surface area contributed by atoms with Crippen LogP contribution in [0.25, 0.3) is 6.08 Å². The molecule has 1 heterocycles. The number of aliphatic imine (C=N–C) groups is 1. The molecule has 0 N–H and O–H groups in total. The SMILES string of the molecule is COc1ccc(/C=C2\N=C(SCC(=O)N(C)C)N(c3ccc(OC(F)F)cc3)C2=O)cc1. The molecule has 1 aliphatic rings. The third-order valence-corrected chi connectivity index (χ3v) is 5.32. The van der Waals surface area contributed by atoms with Gasteiger partial charge in [0.2, 0.25) is 5.91 Å². The maximum Gasteiger partial charge on any atom is 0.387 e. The minimum Gasteiger partial charge on any atom is -0.497 e. The zero-order valence-electron chi connectivity index (χ0n) is 17.6. The first-order valence-corrected chi connectivity index (χ1v) is 10.4. The van der Waals surface area contributed by atoms with E-state index in [4.69, 9.17) is 4.74 Å². The lowest BCUT2D eigenvalue weighted by molar-refractivity contribution is -0.125. The van der Waals surface area contributed by atoms with E-state index in [0.29, 0.717) is 16.6 Å². The number of methoxy groups -OCH3 is 1. The van der Waals surface area contributed by atoms with Crippen LogP contribution in [0.3, 0.4) is 0 Å². The first-order chi connectivity index (χ1) is 15.3. The Morgan fingerprint density at radius 1 is 1.12 bits per heavy atom. The smallest absolute Gasteiger partial charge is 0.387 e. The van der Waals surface area contributed by atoms with E-state index < -0.39 is 12.5 Å². The number of hydrogen-bond donors (Lipinski definition) is 0. The lowest BCUT2D eigenvalue weighted by Gasteiger charge is -2.18. The van der Waals surface area contributed by atoms with Gasteiger partial charge < -0.3 is 14.4 Å². The molecule has 32 heavy (non-hydrogen) atoms. The van der Waals surface area contributed by atoms with Crippen LogP contribution in [0, 0.1) is 0 Å². The van der Waals surface area contributed by atoms with Crippen LogP contribution in [0.4, 0.5) is 14.5 Å². The van der Waals surface area contributed by atoms with Gasteiger partial charge in [0, 0.05) is 14.1 Å². The van der Waals surface area contributed by atoms with E-state index in [9.17, 15) is 18.4 Å². The number of hydrogen-bond acceptors (Lipinski definition) is 6. The molecule has 0 radical (unpaired) electrons. The standard InChI is InChI=1S/C22H21F2N3O4S/c1-26(2)19(28)13-32-22-25-18(12-14-4-8-16(30-3)9-5-14)20(29)27(22)15-6-10-17(11-7-15)31-21(23)24/h4-12,21H,13H2,1-3H3/b18-12-. The molecule has 0 spiro atoms. The number of carbonyl (C=O) groups is 2. The van der Waals surface area contributed by atoms with Crippen molar-refractivity contribution < 1.29 is 27.8 Å². The highest BCUT2D eigenvalue weighted by Gasteiger charge is 2.32. The Balaban J connectivity index is 1.90. The van der Waals surface area contributed by atoms with E-state index in [1.54, 1.807) is 51.5 Å². The van der Waals surface area contributed by atoms with Gasteiger partial charge in [-0.15, -0.1) is 0 Å². The van der Waals surface area contributed by atoms with Gasteiger partial charge in [0.25, 0.3) is 5.91 Å². The van der Waals surface area contributed by atoms with Crippen LogP contribution in [0.1, 0.15) is 5.56 Å². The number of amides is 2. The van der Waals surface area contributed by atoms with Crippen LogP contribution in [0.15, 0.2) is 59.2 Å². The number of anilines is 1. The number of nitrogens with zero attached hydrogens (tertiary/aromatic N) is 3. The second-order valence-electron chi connectivity index (χ2n) is 6.79. The van der Waals surface area contributed by atoms with Gasteiger partial charge in [-0.1, -0.05) is 23.9 Å². The van der Waals surface area contributed by atoms with Crippen LogP contribution in [-0.4, -0.2) is 55.5 Å². The van der Waals surface area contributed by atoms with Gasteiger partial charge in [-0.05, 0) is 48.0 Å². The first-order valence-electron chi connectivity index (χ1n) is 9.45. The van der Waals surface area contributed by atoms with Crippen LogP contribution in [0.2, 0.25) is 0 Å². The summed E-state index contributed by atoms with van der Waals surface area (Å²) < 4.78 is 34.4. The Kier molecular flexibility index (Phi) is 7.47. The van der Waals surface area contributed by atoms with Gasteiger partial charge in [-0.2, -0.15) is 8.78 Å². The Morgan fingerprint density at radius 2 is 1.75 bits per heavy atom. The molecule has 0 bridgehead atoms. The fraction of sp³-hybridized carbons (Fsp3) is 0.227. The van der Waals surface area contributed by atoms with Crippen molar-refractivity contribution in [3.05, 3.63) is 59.8 Å². The van der Waals surface area contributed by atoms with E-state index in [1.807, 2.05) is 0 Å². The molecule has 0 saturated carbocycles. The lowest BCUT2D eigenvalue weighted by Crippen LogP contribution is -2.32. The summed E-state index contributed by atoms with van der Waals surface area (Å²) in [5, 5.41) is 0.312. The van der Waals surface area contributed by atoms with Crippen molar-refractivity contribution in [3.8, 4) is 11.5 Å². The second kappa shape index (κ2) is 10.3. The zero-order valence-corrected chi connectivity index (χ0v) is 18.4. The summed E-state index contributed by atoms with van der Waals surface area (Å²) in [4.78, 5) is 32.4. The lowest BCUT2D eigenvalue weighted by atomic mass is 10.2. The molecule has 2 amide bonds. The Labute approximate surface area is 188 Å². The third kappa shape index (κ3) is 5.64. The van der Waals surface area contributed by atoms with Crippen LogP contribution in [0.5, 0.6) is 11.5 Å². The number of benzene rings is 2. The van der Waals surface area contributed by atoms with Gasteiger partial charge >= 0.3 is 6.61 Å². The summed E-state index contributed by atoms with van der Waals surface area (Å²) in [5.41, 5.74) is 1.34. The summed E-state index contributed by atoms with van der Waals surface area (Å²) in [7, 11) is 4.84. The van der Waals surface area contributed by atoms with Crippen molar-refractivity contribution in [3.63, 3.8) is 0 Å². The molecule has 1 aliphatic heterocycles. The van der Waals surface area contributed by atoms with E-state index in [1.165, 1.54) is 34.1 Å². The maximum atomic E-state index is 13.1. The average Bonchev–Trinajstić information content (AvgIpc) is 3.07. The zero-order chi connectivity index (χ0) is 23.3. The second-order valence-corrected chi connectivity index (χ2v) is 7.73. The molecular formula is C22H21F2N3O4S. The number of carbonyl (C=O) groups excluding carboxylic acids is 2. The topological polar surface area (TPSA) is 71.4 Å². The predicted molar refractivity (Wildman–Crippen MR) is 120 cm³/mol. The molecule has 3 rings (SSSR count). The van der Waals surface area contributed by atoms with Crippen molar-refractivity contribution in [1.82, 2.24) is 4.90 Å². The molecule has 2 aromatic carbocycles. The number of alkyl halides is 2. The van der Waals surface area contributed by atoms with Crippen molar-refractivity contribution >= 4 is 40.5 Å². The van der Waals surface area contributed by atoms with Crippen LogP contribution >= 0.6 is 11.8 Å². The molecule has 0 aromatic heterocycles. The quantitative estimate of drug-likeness (QED) is 0.586. The van der Waals surface area contributed by atoms with Crippen molar-refractivity contribution in [2.45, 2.75) is 6.61 Å². The van der Waals surface area contributed by atoms with Gasteiger partial charge in [0.1, 0.15) is 17.2 Å². The number of amidine groups is 1. The third-order valence-electron chi connectivity index (χ3n) is 4.39. The molecule has 168 valence electrons. The summed E-state index contributed by atoms with van der Waals surface area (Å²) >= 11 is 1.11. The monoisotopic (exact) mass is 461 g/mol. The van der Waals surface area contributed by atoms with Crippen molar-refractivity contribution in [2.75, 3.05) is 31.9 Å². The van der Waals surface area contributed by atoms with E-state index in [-0.39, 0.29) is 23.1 Å². The highest BCUT2D eigenvalue weighted by Crippen LogP contribution is 2.31. The normalized spacial score (nSPS) is 14.7. The minimum absolute atomic E-state index is 0.0293. The van der Waals surface area contributed by atoms with Crippen molar-refractivity contribution in [2.24, 2.45) is 4.99 Å². The highest BCUT2D eigenvalue weighted by atomic mass is 32.2. The summed E-state index contributed by atoms with van der Waals surface area (Å²) in [5.74, 6) is 0.192. The fourth-order valence-electron chi connectivity index (χ4n) is 2.71. The number of rotatable bonds is 7. The Bertz CT molecular complexity index is 1040. The molecular weight excluding hydrogens is 440 g/mol. The van der Waals surface area contributed by atoms with Crippen LogP contribution < -0.4 is 14.4 Å². The molecule has 2 aromatic rings. The van der Waals surface area contributed by atoms with Crippen molar-refractivity contribution in [1.29, 1.82) is 0 Å². The van der Waals surface area contributed by atoms with Gasteiger partial charge in [0.15, 0.2) is 5.17 Å². The van der Waals surface area contributed by atoms with E-state index >= 15 is 0 Å². The summed E-state index contributed by atoms with van der Waals surface area (Å²) in [6, 6.07) is 12.7.